The van der Waals surface area contributed by atoms with E-state index >= 15 is 0 Å². The van der Waals surface area contributed by atoms with Crippen molar-refractivity contribution in [2.45, 2.75) is 49.3 Å². The third-order valence-electron chi connectivity index (χ3n) is 3.96. The van der Waals surface area contributed by atoms with Gasteiger partial charge in [-0.15, -0.1) is 0 Å². The van der Waals surface area contributed by atoms with Crippen LogP contribution in [0.15, 0.2) is 17.0 Å². The zero-order chi connectivity index (χ0) is 14.9. The van der Waals surface area contributed by atoms with Crippen molar-refractivity contribution in [1.82, 2.24) is 4.72 Å². The summed E-state index contributed by atoms with van der Waals surface area (Å²) < 4.78 is 27.7. The molecule has 20 heavy (non-hydrogen) atoms. The molecule has 2 unspecified atom stereocenters. The van der Waals surface area contributed by atoms with Gasteiger partial charge in [0, 0.05) is 11.3 Å². The van der Waals surface area contributed by atoms with Gasteiger partial charge in [-0.05, 0) is 62.6 Å². The highest BCUT2D eigenvalue weighted by molar-refractivity contribution is 7.99. The lowest BCUT2D eigenvalue weighted by Crippen LogP contribution is -2.33. The molecule has 0 aromatic heterocycles. The highest BCUT2D eigenvalue weighted by Crippen LogP contribution is 2.30. The number of sulfonamides is 1. The number of benzene rings is 1. The van der Waals surface area contributed by atoms with E-state index in [4.69, 9.17) is 5.73 Å². The third-order valence-corrected chi connectivity index (χ3v) is 6.63. The second-order valence-corrected chi connectivity index (χ2v) is 8.28. The molecule has 0 heterocycles. The molecule has 3 N–H and O–H groups in total. The van der Waals surface area contributed by atoms with E-state index in [1.807, 2.05) is 13.8 Å². The number of hydrogen-bond donors (Lipinski definition) is 2. The van der Waals surface area contributed by atoms with Crippen LogP contribution >= 0.6 is 11.8 Å². The first-order valence-corrected chi connectivity index (χ1v) is 9.52. The minimum atomic E-state index is -3.53. The first-order valence-electron chi connectivity index (χ1n) is 6.75. The molecule has 0 aliphatic heterocycles. The summed E-state index contributed by atoms with van der Waals surface area (Å²) in [6, 6.07) is 3.41. The molecule has 1 aliphatic rings. The van der Waals surface area contributed by atoms with E-state index in [1.165, 1.54) is 0 Å². The van der Waals surface area contributed by atoms with Gasteiger partial charge in [0.25, 0.3) is 0 Å². The van der Waals surface area contributed by atoms with Gasteiger partial charge in [0.05, 0.1) is 5.69 Å². The number of aryl methyl sites for hydroxylation is 2. The normalized spacial score (nSPS) is 23.1. The number of hydrogen-bond acceptors (Lipinski definition) is 4. The predicted octanol–water partition coefficient (Wildman–Crippen LogP) is 2.45. The second kappa shape index (κ2) is 5.95. The van der Waals surface area contributed by atoms with E-state index in [9.17, 15) is 8.42 Å². The van der Waals surface area contributed by atoms with Crippen LogP contribution in [0.3, 0.4) is 0 Å². The zero-order valence-electron chi connectivity index (χ0n) is 12.1. The van der Waals surface area contributed by atoms with Crippen LogP contribution in [0.25, 0.3) is 0 Å². The second-order valence-electron chi connectivity index (χ2n) is 5.46. The Labute approximate surface area is 125 Å². The van der Waals surface area contributed by atoms with E-state index in [2.05, 4.69) is 11.0 Å². The predicted molar refractivity (Wildman–Crippen MR) is 85.6 cm³/mol. The lowest BCUT2D eigenvalue weighted by atomic mass is 10.1. The Morgan fingerprint density at radius 3 is 2.50 bits per heavy atom. The first-order chi connectivity index (χ1) is 9.33. The highest BCUT2D eigenvalue weighted by Gasteiger charge is 2.29. The van der Waals surface area contributed by atoms with Gasteiger partial charge in [0.2, 0.25) is 10.0 Å². The Morgan fingerprint density at radius 1 is 1.25 bits per heavy atom. The molecule has 1 aliphatic carbocycles. The zero-order valence-corrected chi connectivity index (χ0v) is 13.8. The van der Waals surface area contributed by atoms with Crippen LogP contribution in [0.5, 0.6) is 0 Å². The summed E-state index contributed by atoms with van der Waals surface area (Å²) in [6.07, 6.45) is 4.93. The SMILES string of the molecule is CSC1CCC(NS(=O)(=O)c2cc(C)c(C)cc2N)C1. The van der Waals surface area contributed by atoms with Crippen LogP contribution in [0.2, 0.25) is 0 Å². The third kappa shape index (κ3) is 3.30. The maximum Gasteiger partial charge on any atom is 0.242 e. The molecule has 1 aromatic carbocycles. The summed E-state index contributed by atoms with van der Waals surface area (Å²) in [5.41, 5.74) is 8.14. The Hall–Kier alpha value is -0.720. The van der Waals surface area contributed by atoms with Gasteiger partial charge in [0.1, 0.15) is 4.90 Å². The molecule has 0 bridgehead atoms. The van der Waals surface area contributed by atoms with Crippen molar-refractivity contribution in [2.75, 3.05) is 12.0 Å². The van der Waals surface area contributed by atoms with Crippen molar-refractivity contribution in [3.05, 3.63) is 23.3 Å². The van der Waals surface area contributed by atoms with Crippen molar-refractivity contribution >= 4 is 27.5 Å². The smallest absolute Gasteiger partial charge is 0.242 e. The Bertz CT molecular complexity index is 599. The summed E-state index contributed by atoms with van der Waals surface area (Å²) in [4.78, 5) is 0.202. The average molecular weight is 314 g/mol. The molecule has 0 spiro atoms. The van der Waals surface area contributed by atoms with E-state index < -0.39 is 10.0 Å². The molecule has 1 fully saturated rings. The van der Waals surface area contributed by atoms with Gasteiger partial charge >= 0.3 is 0 Å². The van der Waals surface area contributed by atoms with Gasteiger partial charge < -0.3 is 5.73 Å². The molecule has 1 saturated carbocycles. The Kier molecular flexibility index (Phi) is 4.66. The van der Waals surface area contributed by atoms with Crippen LogP contribution in [0.4, 0.5) is 5.69 Å². The maximum absolute atomic E-state index is 12.5. The molecule has 0 saturated heterocycles. The fraction of sp³-hybridized carbons (Fsp3) is 0.571. The van der Waals surface area contributed by atoms with E-state index in [0.717, 1.165) is 30.4 Å². The van der Waals surface area contributed by atoms with Crippen molar-refractivity contribution in [3.8, 4) is 0 Å². The quantitative estimate of drug-likeness (QED) is 0.837. The molecular formula is C14H22N2O2S2. The molecule has 6 heteroatoms. The molecular weight excluding hydrogens is 292 g/mol. The lowest BCUT2D eigenvalue weighted by molar-refractivity contribution is 0.553. The summed E-state index contributed by atoms with van der Waals surface area (Å²) in [5, 5.41) is 0.555. The topological polar surface area (TPSA) is 72.2 Å². The van der Waals surface area contributed by atoms with E-state index in [-0.39, 0.29) is 10.9 Å². The number of anilines is 1. The molecule has 112 valence electrons. The van der Waals surface area contributed by atoms with Crippen LogP contribution in [0.1, 0.15) is 30.4 Å². The molecule has 1 aromatic rings. The minimum Gasteiger partial charge on any atom is -0.398 e. The van der Waals surface area contributed by atoms with Crippen LogP contribution in [0, 0.1) is 13.8 Å². The van der Waals surface area contributed by atoms with Crippen molar-refractivity contribution < 1.29 is 8.42 Å². The molecule has 4 nitrogen and oxygen atoms in total. The first kappa shape index (κ1) is 15.7. The van der Waals surface area contributed by atoms with Gasteiger partial charge in [-0.25, -0.2) is 13.1 Å². The van der Waals surface area contributed by atoms with Crippen LogP contribution in [-0.4, -0.2) is 26.0 Å². The van der Waals surface area contributed by atoms with Gasteiger partial charge in [-0.2, -0.15) is 11.8 Å². The number of rotatable bonds is 4. The number of thioether (sulfide) groups is 1. The summed E-state index contributed by atoms with van der Waals surface area (Å²) in [7, 11) is -3.53. The maximum atomic E-state index is 12.5. The average Bonchev–Trinajstić information content (AvgIpc) is 2.80. The monoisotopic (exact) mass is 314 g/mol. The van der Waals surface area contributed by atoms with Gasteiger partial charge in [0.15, 0.2) is 0 Å². The molecule has 0 radical (unpaired) electrons. The van der Waals surface area contributed by atoms with Crippen molar-refractivity contribution in [2.24, 2.45) is 0 Å². The Morgan fingerprint density at radius 2 is 1.90 bits per heavy atom. The minimum absolute atomic E-state index is 0.0264. The van der Waals surface area contributed by atoms with Crippen molar-refractivity contribution in [1.29, 1.82) is 0 Å². The van der Waals surface area contributed by atoms with Crippen LogP contribution < -0.4 is 10.5 Å². The fourth-order valence-electron chi connectivity index (χ4n) is 2.59. The fourth-order valence-corrected chi connectivity index (χ4v) is 4.87. The van der Waals surface area contributed by atoms with E-state index in [0.29, 0.717) is 10.9 Å². The Balaban J connectivity index is 2.21. The molecule has 2 atom stereocenters. The number of nitrogens with one attached hydrogen (secondary N) is 1. The summed E-state index contributed by atoms with van der Waals surface area (Å²) in [6.45, 7) is 3.82. The molecule has 0 amide bonds. The summed E-state index contributed by atoms with van der Waals surface area (Å²) in [5.74, 6) is 0. The standard InChI is InChI=1S/C14H22N2O2S2/c1-9-6-13(15)14(7-10(9)2)20(17,18)16-11-4-5-12(8-11)19-3/h6-7,11-12,16H,4-5,8,15H2,1-3H3. The van der Waals surface area contributed by atoms with Crippen molar-refractivity contribution in [3.63, 3.8) is 0 Å². The van der Waals surface area contributed by atoms with Gasteiger partial charge in [-0.3, -0.25) is 0 Å². The van der Waals surface area contributed by atoms with Gasteiger partial charge in [-0.1, -0.05) is 0 Å². The molecule has 2 rings (SSSR count). The lowest BCUT2D eigenvalue weighted by Gasteiger charge is -2.15. The largest absolute Gasteiger partial charge is 0.398 e. The summed E-state index contributed by atoms with van der Waals surface area (Å²) >= 11 is 1.81. The van der Waals surface area contributed by atoms with Crippen LogP contribution in [-0.2, 0) is 10.0 Å². The van der Waals surface area contributed by atoms with E-state index in [1.54, 1.807) is 23.9 Å². The number of nitrogen functional groups attached to an aromatic ring is 1. The highest BCUT2D eigenvalue weighted by atomic mass is 32.2. The number of nitrogens with two attached hydrogens (primary N) is 1.